The van der Waals surface area contributed by atoms with Gasteiger partial charge in [-0.3, -0.25) is 0 Å². The first-order valence-electron chi connectivity index (χ1n) is 19.4. The van der Waals surface area contributed by atoms with Crippen LogP contribution < -0.4 is 0 Å². The number of alkyl halides is 6. The maximum absolute atomic E-state index is 13.3. The summed E-state index contributed by atoms with van der Waals surface area (Å²) in [6.45, 7) is 0. The predicted octanol–water partition coefficient (Wildman–Crippen LogP) is 14.7. The van der Waals surface area contributed by atoms with E-state index in [1.165, 1.54) is 24.3 Å². The molecular weight excluding hydrogens is 795 g/mol. The van der Waals surface area contributed by atoms with E-state index in [1.807, 2.05) is 109 Å². The highest BCUT2D eigenvalue weighted by molar-refractivity contribution is 6.12. The van der Waals surface area contributed by atoms with E-state index >= 15 is 0 Å². The number of fused-ring (bicyclic) bond motifs is 6. The number of benzene rings is 8. The largest absolute Gasteiger partial charge is 0.416 e. The molecule has 0 amide bonds. The molecule has 0 unspecified atom stereocenters. The smallest absolute Gasteiger partial charge is 0.309 e. The standard InChI is InChI=1S/C52H28F6N4/c53-51(54,55)37-17-9-31(10-18-37)33-15-23-49-45(25-33)41-5-1-3-7-47(41)61(49)39-21-13-35(29-59)43(27-39)44-28-40(22-14-36(44)30-60)62-48-8-4-2-6-42(48)46-26-34(16-24-50(46)62)32-11-19-38(20-12-32)52(56,57)58/h1-28H. The molecule has 298 valence electrons. The topological polar surface area (TPSA) is 57.4 Å². The van der Waals surface area contributed by atoms with Gasteiger partial charge in [0.05, 0.1) is 56.5 Å². The zero-order valence-electron chi connectivity index (χ0n) is 32.2. The van der Waals surface area contributed by atoms with E-state index < -0.39 is 23.5 Å². The molecule has 0 fully saturated rings. The van der Waals surface area contributed by atoms with Crippen LogP contribution in [0.2, 0.25) is 0 Å². The molecule has 0 atom stereocenters. The Balaban J connectivity index is 1.11. The normalized spacial score (nSPS) is 12.0. The Labute approximate surface area is 350 Å². The maximum Gasteiger partial charge on any atom is 0.416 e. The third-order valence-electron chi connectivity index (χ3n) is 11.5. The molecule has 0 radical (unpaired) electrons. The molecule has 10 aromatic rings. The van der Waals surface area contributed by atoms with Crippen LogP contribution in [0.15, 0.2) is 170 Å². The average Bonchev–Trinajstić information content (AvgIpc) is 3.80. The van der Waals surface area contributed by atoms with E-state index in [0.29, 0.717) is 33.4 Å². The molecular formula is C52H28F6N4. The molecule has 0 saturated carbocycles. The minimum Gasteiger partial charge on any atom is -0.309 e. The molecule has 62 heavy (non-hydrogen) atoms. The number of hydrogen-bond acceptors (Lipinski definition) is 2. The van der Waals surface area contributed by atoms with Crippen molar-refractivity contribution in [2.45, 2.75) is 12.4 Å². The highest BCUT2D eigenvalue weighted by Crippen LogP contribution is 2.41. The Morgan fingerprint density at radius 2 is 0.710 bits per heavy atom. The quantitative estimate of drug-likeness (QED) is 0.162. The summed E-state index contributed by atoms with van der Waals surface area (Å²) in [4.78, 5) is 0. The van der Waals surface area contributed by atoms with Crippen LogP contribution in [0.25, 0.3) is 88.4 Å². The van der Waals surface area contributed by atoms with Crippen LogP contribution in [0.4, 0.5) is 26.3 Å². The monoisotopic (exact) mass is 822 g/mol. The molecule has 2 heterocycles. The zero-order valence-corrected chi connectivity index (χ0v) is 32.2. The predicted molar refractivity (Wildman–Crippen MR) is 231 cm³/mol. The van der Waals surface area contributed by atoms with E-state index in [4.69, 9.17) is 0 Å². The van der Waals surface area contributed by atoms with Crippen LogP contribution in [-0.2, 0) is 12.4 Å². The first-order chi connectivity index (χ1) is 29.9. The van der Waals surface area contributed by atoms with Gasteiger partial charge >= 0.3 is 12.4 Å². The van der Waals surface area contributed by atoms with Crippen molar-refractivity contribution in [3.63, 3.8) is 0 Å². The highest BCUT2D eigenvalue weighted by atomic mass is 19.4. The van der Waals surface area contributed by atoms with Crippen LogP contribution in [0.1, 0.15) is 22.3 Å². The Bertz CT molecular complexity index is 3270. The van der Waals surface area contributed by atoms with Crippen molar-refractivity contribution >= 4 is 43.6 Å². The minimum atomic E-state index is -4.44. The van der Waals surface area contributed by atoms with Gasteiger partial charge in [0.2, 0.25) is 0 Å². The second kappa shape index (κ2) is 14.3. The molecule has 4 nitrogen and oxygen atoms in total. The summed E-state index contributed by atoms with van der Waals surface area (Å²) in [5, 5.41) is 24.5. The molecule has 10 heteroatoms. The molecule has 8 aromatic carbocycles. The van der Waals surface area contributed by atoms with Gasteiger partial charge in [0.25, 0.3) is 0 Å². The van der Waals surface area contributed by atoms with Crippen molar-refractivity contribution < 1.29 is 26.3 Å². The van der Waals surface area contributed by atoms with Crippen molar-refractivity contribution in [3.05, 3.63) is 192 Å². The number of aromatic nitrogens is 2. The van der Waals surface area contributed by atoms with Crippen molar-refractivity contribution in [2.75, 3.05) is 0 Å². The fourth-order valence-electron chi connectivity index (χ4n) is 8.55. The van der Waals surface area contributed by atoms with Gasteiger partial charge in [-0.05, 0) is 119 Å². The van der Waals surface area contributed by atoms with Crippen LogP contribution in [0.3, 0.4) is 0 Å². The minimum absolute atomic E-state index is 0.358. The Hall–Kier alpha value is -8.08. The molecule has 0 aliphatic carbocycles. The highest BCUT2D eigenvalue weighted by Gasteiger charge is 2.31. The van der Waals surface area contributed by atoms with E-state index in [0.717, 1.165) is 90.4 Å². The second-order valence-corrected chi connectivity index (χ2v) is 15.0. The summed E-state index contributed by atoms with van der Waals surface area (Å²) in [7, 11) is 0. The van der Waals surface area contributed by atoms with Crippen LogP contribution >= 0.6 is 0 Å². The summed E-state index contributed by atoms with van der Waals surface area (Å²) < 4.78 is 84.1. The van der Waals surface area contributed by atoms with Gasteiger partial charge in [-0.1, -0.05) is 72.8 Å². The van der Waals surface area contributed by atoms with E-state index in [1.54, 1.807) is 12.1 Å². The lowest BCUT2D eigenvalue weighted by atomic mass is 9.95. The Morgan fingerprint density at radius 1 is 0.355 bits per heavy atom. The van der Waals surface area contributed by atoms with Gasteiger partial charge in [0.15, 0.2) is 0 Å². The van der Waals surface area contributed by atoms with Crippen LogP contribution in [0.5, 0.6) is 0 Å². The Kier molecular flexibility index (Phi) is 8.79. The summed E-state index contributed by atoms with van der Waals surface area (Å²) >= 11 is 0. The maximum atomic E-state index is 13.3. The van der Waals surface area contributed by atoms with E-state index in [2.05, 4.69) is 21.3 Å². The molecule has 0 bridgehead atoms. The molecule has 0 aliphatic heterocycles. The Morgan fingerprint density at radius 3 is 1.08 bits per heavy atom. The molecule has 0 spiro atoms. The van der Waals surface area contributed by atoms with Crippen LogP contribution in [-0.4, -0.2) is 9.13 Å². The van der Waals surface area contributed by atoms with E-state index in [-0.39, 0.29) is 0 Å². The van der Waals surface area contributed by atoms with Gasteiger partial charge in [-0.2, -0.15) is 36.9 Å². The number of rotatable bonds is 5. The zero-order chi connectivity index (χ0) is 42.9. The molecule has 0 aliphatic rings. The third-order valence-corrected chi connectivity index (χ3v) is 11.5. The second-order valence-electron chi connectivity index (χ2n) is 15.0. The molecule has 0 N–H and O–H groups in total. The fourth-order valence-corrected chi connectivity index (χ4v) is 8.55. The van der Waals surface area contributed by atoms with Gasteiger partial charge < -0.3 is 9.13 Å². The van der Waals surface area contributed by atoms with Gasteiger partial charge in [0, 0.05) is 44.0 Å². The summed E-state index contributed by atoms with van der Waals surface area (Å²) in [6, 6.07) is 53.0. The summed E-state index contributed by atoms with van der Waals surface area (Å²) in [5.41, 5.74) is 8.05. The summed E-state index contributed by atoms with van der Waals surface area (Å²) in [6.07, 6.45) is -8.88. The van der Waals surface area contributed by atoms with Gasteiger partial charge in [0.1, 0.15) is 0 Å². The number of hydrogen-bond donors (Lipinski definition) is 0. The average molecular weight is 823 g/mol. The van der Waals surface area contributed by atoms with Crippen molar-refractivity contribution in [2.24, 2.45) is 0 Å². The van der Waals surface area contributed by atoms with Crippen molar-refractivity contribution in [3.8, 4) is 56.9 Å². The number of para-hydroxylation sites is 2. The lowest BCUT2D eigenvalue weighted by Crippen LogP contribution is -2.03. The summed E-state index contributed by atoms with van der Waals surface area (Å²) in [5.74, 6) is 0. The van der Waals surface area contributed by atoms with Crippen molar-refractivity contribution in [1.29, 1.82) is 10.5 Å². The van der Waals surface area contributed by atoms with E-state index in [9.17, 15) is 36.9 Å². The third kappa shape index (κ3) is 6.32. The fraction of sp³-hybridized carbons (Fsp3) is 0.0385. The van der Waals surface area contributed by atoms with Gasteiger partial charge in [-0.25, -0.2) is 0 Å². The molecule has 2 aromatic heterocycles. The number of nitrogens with zero attached hydrogens (tertiary/aromatic N) is 4. The number of nitriles is 2. The number of halogens is 6. The first kappa shape index (κ1) is 38.1. The van der Waals surface area contributed by atoms with Gasteiger partial charge in [-0.15, -0.1) is 0 Å². The first-order valence-corrected chi connectivity index (χ1v) is 19.4. The molecule has 10 rings (SSSR count). The van der Waals surface area contributed by atoms with Crippen LogP contribution in [0, 0.1) is 22.7 Å². The van der Waals surface area contributed by atoms with Crippen molar-refractivity contribution in [1.82, 2.24) is 9.13 Å². The molecule has 0 saturated heterocycles. The lowest BCUT2D eigenvalue weighted by Gasteiger charge is -2.15. The SMILES string of the molecule is N#Cc1ccc(-n2c3ccccc3c3cc(-c4ccc(C(F)(F)F)cc4)ccc32)cc1-c1cc(-n2c3ccccc3c3cc(-c4ccc(C(F)(F)F)cc4)ccc32)ccc1C#N. The lowest BCUT2D eigenvalue weighted by molar-refractivity contribution is -0.138.